The van der Waals surface area contributed by atoms with Crippen molar-refractivity contribution in [3.05, 3.63) is 125 Å². The molecule has 2 aliphatic rings. The highest BCUT2D eigenvalue weighted by atomic mass is 35.5. The lowest BCUT2D eigenvalue weighted by Gasteiger charge is -2.36. The molecule has 0 bridgehead atoms. The lowest BCUT2D eigenvalue weighted by Crippen LogP contribution is -2.38. The van der Waals surface area contributed by atoms with Gasteiger partial charge in [0, 0.05) is 44.4 Å². The number of benzene rings is 4. The maximum Gasteiger partial charge on any atom is 0.249 e. The van der Waals surface area contributed by atoms with Crippen LogP contribution in [0.2, 0.25) is 5.02 Å². The first-order valence-corrected chi connectivity index (χ1v) is 16.4. The number of nitriles is 1. The number of anilines is 2. The fraction of sp³-hybridized carbons (Fsp3) is 0.216. The molecule has 11 nitrogen and oxygen atoms in total. The molecule has 2 aliphatic heterocycles. The number of rotatable bonds is 6. The van der Waals surface area contributed by atoms with E-state index in [9.17, 15) is 4.39 Å². The maximum absolute atomic E-state index is 13.6. The Morgan fingerprint density at radius 2 is 1.54 bits per heavy atom. The number of para-hydroxylation sites is 1. The average Bonchev–Trinajstić information content (AvgIpc) is 3.75. The average molecular weight is 691 g/mol. The summed E-state index contributed by atoms with van der Waals surface area (Å²) >= 11 is 6.18. The largest absolute Gasteiger partial charge is 0.492 e. The van der Waals surface area contributed by atoms with Crippen LogP contribution in [-0.2, 0) is 19.6 Å². The van der Waals surface area contributed by atoms with Gasteiger partial charge in [0.25, 0.3) is 0 Å². The van der Waals surface area contributed by atoms with Crippen molar-refractivity contribution in [3.8, 4) is 34.7 Å². The van der Waals surface area contributed by atoms with Gasteiger partial charge in [0.05, 0.1) is 46.7 Å². The molecule has 2 aromatic heterocycles. The van der Waals surface area contributed by atoms with Gasteiger partial charge in [-0.2, -0.15) is 5.26 Å². The Hall–Kier alpha value is -5.77. The lowest BCUT2D eigenvalue weighted by atomic mass is 10.1. The van der Waals surface area contributed by atoms with Gasteiger partial charge in [-0.1, -0.05) is 41.9 Å². The smallest absolute Gasteiger partial charge is 0.249 e. The van der Waals surface area contributed by atoms with Gasteiger partial charge in [0.15, 0.2) is 0 Å². The van der Waals surface area contributed by atoms with E-state index in [1.165, 1.54) is 6.07 Å². The van der Waals surface area contributed by atoms with Crippen LogP contribution in [0, 0.1) is 17.1 Å². The molecule has 50 heavy (non-hydrogen) atoms. The summed E-state index contributed by atoms with van der Waals surface area (Å²) < 4.78 is 30.9. The highest BCUT2D eigenvalue weighted by Gasteiger charge is 2.23. The highest BCUT2D eigenvalue weighted by molar-refractivity contribution is 6.33. The minimum Gasteiger partial charge on any atom is -0.492 e. The molecule has 6 aromatic rings. The molecule has 0 atom stereocenters. The molecule has 8 rings (SSSR count). The Morgan fingerprint density at radius 3 is 2.36 bits per heavy atom. The van der Waals surface area contributed by atoms with Crippen LogP contribution in [0.1, 0.15) is 22.9 Å². The number of ether oxygens (including phenoxy) is 1. The number of aromatic nitrogens is 4. The molecule has 0 radical (unpaired) electrons. The summed E-state index contributed by atoms with van der Waals surface area (Å²) in [6, 6.07) is 29.4. The second-order valence-corrected chi connectivity index (χ2v) is 12.2. The van der Waals surface area contributed by atoms with Gasteiger partial charge in [-0.15, -0.1) is 20.4 Å². The summed E-state index contributed by atoms with van der Waals surface area (Å²) in [6.07, 6.45) is 0. The summed E-state index contributed by atoms with van der Waals surface area (Å²) in [5.74, 6) is 2.62. The van der Waals surface area contributed by atoms with Crippen molar-refractivity contribution in [3.63, 3.8) is 0 Å². The molecule has 0 unspecified atom stereocenters. The molecule has 0 spiro atoms. The third-order valence-electron chi connectivity index (χ3n) is 8.41. The highest BCUT2D eigenvalue weighted by Crippen LogP contribution is 2.34. The van der Waals surface area contributed by atoms with Crippen molar-refractivity contribution in [2.24, 2.45) is 0 Å². The first-order valence-electron chi connectivity index (χ1n) is 16.0. The van der Waals surface area contributed by atoms with E-state index in [2.05, 4.69) is 42.3 Å². The molecular formula is C37H32ClFN8O3. The summed E-state index contributed by atoms with van der Waals surface area (Å²) in [7, 11) is 1.96. The number of fused-ring (bicyclic) bond motifs is 2. The fourth-order valence-electron chi connectivity index (χ4n) is 5.80. The Balaban J connectivity index is 0.000000157. The van der Waals surface area contributed by atoms with Gasteiger partial charge in [0.1, 0.15) is 18.2 Å². The third-order valence-corrected chi connectivity index (χ3v) is 8.74. The van der Waals surface area contributed by atoms with Gasteiger partial charge < -0.3 is 23.4 Å². The van der Waals surface area contributed by atoms with Crippen LogP contribution in [0.25, 0.3) is 22.9 Å². The van der Waals surface area contributed by atoms with Crippen LogP contribution < -0.4 is 14.5 Å². The van der Waals surface area contributed by atoms with Crippen molar-refractivity contribution in [1.82, 2.24) is 25.3 Å². The number of likely N-dealkylation sites (N-methyl/N-ethyl adjacent to an activating group) is 1. The number of halogens is 2. The predicted molar refractivity (Wildman–Crippen MR) is 186 cm³/mol. The molecule has 0 N–H and O–H groups in total. The minimum atomic E-state index is -0.244. The SMILES string of the molecule is CN1CCN(Cc2nnc(-c3ccccc3Cl)o2)c2ccc(F)cc21.N#Cc1ccc(-c2nnc(CN3CCOc4ccccc4C3)o2)cc1. The normalized spacial score (nSPS) is 14.0. The summed E-state index contributed by atoms with van der Waals surface area (Å²) in [5, 5.41) is 25.9. The van der Waals surface area contributed by atoms with Crippen LogP contribution in [0.15, 0.2) is 99.8 Å². The van der Waals surface area contributed by atoms with Gasteiger partial charge in [-0.25, -0.2) is 4.39 Å². The summed E-state index contributed by atoms with van der Waals surface area (Å²) in [5.41, 5.74) is 5.09. The van der Waals surface area contributed by atoms with Crippen molar-refractivity contribution >= 4 is 23.0 Å². The zero-order valence-electron chi connectivity index (χ0n) is 27.2. The molecule has 4 heterocycles. The Kier molecular flexibility index (Phi) is 9.68. The molecule has 0 saturated heterocycles. The van der Waals surface area contributed by atoms with E-state index in [1.807, 2.05) is 60.5 Å². The zero-order valence-corrected chi connectivity index (χ0v) is 27.9. The quantitative estimate of drug-likeness (QED) is 0.180. The summed E-state index contributed by atoms with van der Waals surface area (Å²) in [4.78, 5) is 6.37. The zero-order chi connectivity index (χ0) is 34.5. The van der Waals surface area contributed by atoms with E-state index in [4.69, 9.17) is 30.4 Å². The van der Waals surface area contributed by atoms with Crippen molar-refractivity contribution in [2.75, 3.05) is 43.1 Å². The lowest BCUT2D eigenvalue weighted by molar-refractivity contribution is 0.204. The first kappa shape index (κ1) is 32.8. The topological polar surface area (TPSA) is 121 Å². The van der Waals surface area contributed by atoms with Crippen LogP contribution in [0.5, 0.6) is 5.75 Å². The molecule has 0 saturated carbocycles. The monoisotopic (exact) mass is 690 g/mol. The van der Waals surface area contributed by atoms with E-state index in [-0.39, 0.29) is 5.82 Å². The standard InChI is InChI=1S/C19H16N4O2.C18H16ClFN4O/c20-11-14-5-7-15(8-6-14)19-22-21-18(25-19)13-23-9-10-24-17-4-2-1-3-16(17)12-23;1-23-8-9-24(15-7-6-12(20)10-16(15)23)11-17-21-22-18(25-17)13-4-2-3-5-14(13)19/h1-8H,9-10,12-13H2;2-7,10H,8-9,11H2,1H3. The first-order chi connectivity index (χ1) is 24.4. The van der Waals surface area contributed by atoms with Gasteiger partial charge >= 0.3 is 0 Å². The molecule has 0 aliphatic carbocycles. The maximum atomic E-state index is 13.6. The third kappa shape index (κ3) is 7.44. The van der Waals surface area contributed by atoms with Gasteiger partial charge in [0.2, 0.25) is 23.6 Å². The minimum absolute atomic E-state index is 0.244. The molecule has 0 fully saturated rings. The van der Waals surface area contributed by atoms with Crippen LogP contribution in [-0.4, -0.2) is 58.6 Å². The van der Waals surface area contributed by atoms with E-state index >= 15 is 0 Å². The van der Waals surface area contributed by atoms with Gasteiger partial charge in [-0.05, 0) is 60.7 Å². The second kappa shape index (κ2) is 14.8. The Bertz CT molecular complexity index is 2130. The van der Waals surface area contributed by atoms with E-state index in [1.54, 1.807) is 30.3 Å². The van der Waals surface area contributed by atoms with Crippen molar-refractivity contribution < 1.29 is 18.0 Å². The van der Waals surface area contributed by atoms with Crippen molar-refractivity contribution in [2.45, 2.75) is 19.6 Å². The van der Waals surface area contributed by atoms with Crippen molar-refractivity contribution in [1.29, 1.82) is 5.26 Å². The van der Waals surface area contributed by atoms with E-state index < -0.39 is 0 Å². The molecular weight excluding hydrogens is 659 g/mol. The number of hydrogen-bond donors (Lipinski definition) is 0. The van der Waals surface area contributed by atoms with E-state index in [0.29, 0.717) is 59.4 Å². The second-order valence-electron chi connectivity index (χ2n) is 11.8. The number of hydrogen-bond acceptors (Lipinski definition) is 11. The Labute approximate surface area is 293 Å². The number of nitrogens with zero attached hydrogens (tertiary/aromatic N) is 8. The van der Waals surface area contributed by atoms with E-state index in [0.717, 1.165) is 54.4 Å². The molecule has 252 valence electrons. The predicted octanol–water partition coefficient (Wildman–Crippen LogP) is 6.99. The molecule has 0 amide bonds. The summed E-state index contributed by atoms with van der Waals surface area (Å²) in [6.45, 7) is 4.83. The van der Waals surface area contributed by atoms with Crippen LogP contribution in [0.3, 0.4) is 0 Å². The molecule has 4 aromatic carbocycles. The molecule has 13 heteroatoms. The fourth-order valence-corrected chi connectivity index (χ4v) is 6.01. The van der Waals surface area contributed by atoms with Crippen LogP contribution >= 0.6 is 11.6 Å². The van der Waals surface area contributed by atoms with Crippen LogP contribution in [0.4, 0.5) is 15.8 Å². The Morgan fingerprint density at radius 1 is 0.800 bits per heavy atom. The van der Waals surface area contributed by atoms with Gasteiger partial charge in [-0.3, -0.25) is 4.90 Å².